The number of halogens is 1. The molecular weight excluding hydrogens is 416 g/mol. The maximum Gasteiger partial charge on any atom is 0.227 e. The number of allylic oxidation sites excluding steroid dienone is 2. The van der Waals surface area contributed by atoms with E-state index >= 15 is 0 Å². The molecule has 5 rings (SSSR count). The molecular formula is C23H21ClN4OS. The molecule has 2 heterocycles. The van der Waals surface area contributed by atoms with Crippen molar-refractivity contribution >= 4 is 35.1 Å². The van der Waals surface area contributed by atoms with E-state index in [0.29, 0.717) is 22.5 Å². The largest absolute Gasteiger partial charge is 0.328 e. The van der Waals surface area contributed by atoms with Crippen LogP contribution < -0.4 is 5.32 Å². The summed E-state index contributed by atoms with van der Waals surface area (Å²) >= 11 is 7.70. The number of Topliss-reactive ketones (excluding diaryl/α,β-unsaturated/α-hetero) is 1. The molecule has 30 heavy (non-hydrogen) atoms. The maximum atomic E-state index is 12.8. The number of aromatic nitrogens is 3. The number of anilines is 1. The molecule has 1 unspecified atom stereocenters. The van der Waals surface area contributed by atoms with Gasteiger partial charge in [-0.2, -0.15) is 4.98 Å². The molecule has 1 N–H and O–H groups in total. The van der Waals surface area contributed by atoms with Crippen LogP contribution in [0.15, 0.2) is 65.0 Å². The summed E-state index contributed by atoms with van der Waals surface area (Å²) in [5.41, 5.74) is 5.25. The Morgan fingerprint density at radius 2 is 2.03 bits per heavy atom. The second kappa shape index (κ2) is 7.93. The van der Waals surface area contributed by atoms with Gasteiger partial charge in [-0.05, 0) is 43.0 Å². The zero-order valence-corrected chi connectivity index (χ0v) is 18.1. The first kappa shape index (κ1) is 19.4. The summed E-state index contributed by atoms with van der Waals surface area (Å²) in [7, 11) is 0. The van der Waals surface area contributed by atoms with Gasteiger partial charge in [0.2, 0.25) is 11.1 Å². The van der Waals surface area contributed by atoms with Crippen LogP contribution in [0, 0.1) is 6.92 Å². The lowest BCUT2D eigenvalue weighted by molar-refractivity contribution is -0.116. The average Bonchev–Trinajstić information content (AvgIpc) is 3.14. The van der Waals surface area contributed by atoms with Crippen LogP contribution in [0.2, 0.25) is 5.02 Å². The lowest BCUT2D eigenvalue weighted by Crippen LogP contribution is -2.31. The third-order valence-electron chi connectivity index (χ3n) is 5.48. The SMILES string of the molecule is Cc1cccc(CSc2nc3n(n2)C(c2ccc(Cl)cc2)C2=C(CCCC2=O)N3)c1. The Bertz CT molecular complexity index is 1150. The minimum absolute atomic E-state index is 0.179. The maximum absolute atomic E-state index is 12.8. The number of aryl methyl sites for hydroxylation is 1. The van der Waals surface area contributed by atoms with Gasteiger partial charge in [-0.3, -0.25) is 4.79 Å². The normalized spacial score (nSPS) is 18.1. The highest BCUT2D eigenvalue weighted by molar-refractivity contribution is 7.98. The van der Waals surface area contributed by atoms with Gasteiger partial charge in [-0.15, -0.1) is 5.10 Å². The van der Waals surface area contributed by atoms with Gasteiger partial charge in [0.1, 0.15) is 6.04 Å². The smallest absolute Gasteiger partial charge is 0.227 e. The average molecular weight is 437 g/mol. The fourth-order valence-corrected chi connectivity index (χ4v) is 5.00. The fraction of sp³-hybridized carbons (Fsp3) is 0.261. The van der Waals surface area contributed by atoms with E-state index in [0.717, 1.165) is 35.4 Å². The predicted molar refractivity (Wildman–Crippen MR) is 120 cm³/mol. The van der Waals surface area contributed by atoms with Crippen LogP contribution in [-0.2, 0) is 10.5 Å². The molecule has 0 fully saturated rings. The van der Waals surface area contributed by atoms with Crippen molar-refractivity contribution in [2.24, 2.45) is 0 Å². The van der Waals surface area contributed by atoms with E-state index in [-0.39, 0.29) is 11.8 Å². The Labute approximate surface area is 184 Å². The second-order valence-corrected chi connectivity index (χ2v) is 9.07. The van der Waals surface area contributed by atoms with Crippen LogP contribution in [0.1, 0.15) is 42.0 Å². The zero-order chi connectivity index (χ0) is 20.7. The molecule has 1 aliphatic carbocycles. The van der Waals surface area contributed by atoms with E-state index in [1.807, 2.05) is 28.9 Å². The van der Waals surface area contributed by atoms with Gasteiger partial charge in [0.05, 0.1) is 0 Å². The summed E-state index contributed by atoms with van der Waals surface area (Å²) in [6, 6.07) is 15.8. The number of benzene rings is 2. The Morgan fingerprint density at radius 1 is 1.20 bits per heavy atom. The van der Waals surface area contributed by atoms with Gasteiger partial charge in [-0.1, -0.05) is 65.3 Å². The molecule has 152 valence electrons. The van der Waals surface area contributed by atoms with Crippen molar-refractivity contribution in [3.63, 3.8) is 0 Å². The predicted octanol–water partition coefficient (Wildman–Crippen LogP) is 5.55. The minimum Gasteiger partial charge on any atom is -0.328 e. The van der Waals surface area contributed by atoms with Crippen molar-refractivity contribution in [2.75, 3.05) is 5.32 Å². The molecule has 0 amide bonds. The molecule has 0 saturated carbocycles. The van der Waals surface area contributed by atoms with Gasteiger partial charge in [0.25, 0.3) is 0 Å². The number of carbonyl (C=O) groups is 1. The van der Waals surface area contributed by atoms with E-state index in [9.17, 15) is 4.79 Å². The molecule has 1 aromatic heterocycles. The molecule has 0 radical (unpaired) electrons. The van der Waals surface area contributed by atoms with E-state index in [4.69, 9.17) is 21.7 Å². The number of hydrogen-bond donors (Lipinski definition) is 1. The number of hydrogen-bond acceptors (Lipinski definition) is 5. The van der Waals surface area contributed by atoms with Gasteiger partial charge < -0.3 is 5.32 Å². The number of nitrogens with one attached hydrogen (secondary N) is 1. The topological polar surface area (TPSA) is 59.8 Å². The molecule has 0 spiro atoms. The first-order chi connectivity index (χ1) is 14.6. The standard InChI is InChI=1S/C23H21ClN4OS/c1-14-4-2-5-15(12-14)13-30-23-26-22-25-18-6-3-7-19(29)20(18)21(28(22)27-23)16-8-10-17(24)11-9-16/h2,4-5,8-12,21H,3,6-7,13H2,1H3,(H,25,26,27). The summed E-state index contributed by atoms with van der Waals surface area (Å²) in [4.78, 5) is 17.6. The third kappa shape index (κ3) is 3.66. The van der Waals surface area contributed by atoms with Crippen LogP contribution in [0.3, 0.4) is 0 Å². The fourth-order valence-electron chi connectivity index (χ4n) is 4.10. The van der Waals surface area contributed by atoms with Crippen LogP contribution in [0.4, 0.5) is 5.95 Å². The van der Waals surface area contributed by atoms with Crippen LogP contribution in [0.25, 0.3) is 0 Å². The van der Waals surface area contributed by atoms with Crippen LogP contribution in [-0.4, -0.2) is 20.5 Å². The second-order valence-electron chi connectivity index (χ2n) is 7.69. The Hall–Kier alpha value is -2.57. The van der Waals surface area contributed by atoms with Gasteiger partial charge in [0.15, 0.2) is 5.78 Å². The Kier molecular flexibility index (Phi) is 5.13. The van der Waals surface area contributed by atoms with E-state index in [1.54, 1.807) is 11.8 Å². The van der Waals surface area contributed by atoms with Crippen molar-refractivity contribution in [1.29, 1.82) is 0 Å². The van der Waals surface area contributed by atoms with Gasteiger partial charge in [-0.25, -0.2) is 4.68 Å². The lowest BCUT2D eigenvalue weighted by atomic mass is 9.85. The monoisotopic (exact) mass is 436 g/mol. The number of ketones is 1. The first-order valence-electron chi connectivity index (χ1n) is 10.0. The molecule has 0 bridgehead atoms. The Balaban J connectivity index is 1.50. The van der Waals surface area contributed by atoms with Crippen molar-refractivity contribution in [3.05, 3.63) is 81.5 Å². The third-order valence-corrected chi connectivity index (χ3v) is 6.65. The van der Waals surface area contributed by atoms with E-state index in [2.05, 4.69) is 36.5 Å². The number of rotatable bonds is 4. The van der Waals surface area contributed by atoms with Crippen molar-refractivity contribution < 1.29 is 4.79 Å². The minimum atomic E-state index is -0.276. The van der Waals surface area contributed by atoms with Crippen molar-refractivity contribution in [3.8, 4) is 0 Å². The lowest BCUT2D eigenvalue weighted by Gasteiger charge is -2.32. The van der Waals surface area contributed by atoms with Crippen LogP contribution >= 0.6 is 23.4 Å². The van der Waals surface area contributed by atoms with Gasteiger partial charge in [0, 0.05) is 28.5 Å². The van der Waals surface area contributed by atoms with E-state index in [1.165, 1.54) is 11.1 Å². The molecule has 5 nitrogen and oxygen atoms in total. The summed E-state index contributed by atoms with van der Waals surface area (Å²) in [5, 5.41) is 9.53. The molecule has 1 atom stereocenters. The number of fused-ring (bicyclic) bond motifs is 1. The first-order valence-corrected chi connectivity index (χ1v) is 11.4. The van der Waals surface area contributed by atoms with Crippen molar-refractivity contribution in [2.45, 2.75) is 43.1 Å². The number of nitrogens with zero attached hydrogens (tertiary/aromatic N) is 3. The molecule has 3 aromatic rings. The molecule has 1 aliphatic heterocycles. The number of thioether (sulfide) groups is 1. The highest BCUT2D eigenvalue weighted by atomic mass is 35.5. The summed E-state index contributed by atoms with van der Waals surface area (Å²) in [5.74, 6) is 1.66. The molecule has 7 heteroatoms. The number of carbonyl (C=O) groups excluding carboxylic acids is 1. The Morgan fingerprint density at radius 3 is 2.83 bits per heavy atom. The van der Waals surface area contributed by atoms with Crippen molar-refractivity contribution in [1.82, 2.24) is 14.8 Å². The van der Waals surface area contributed by atoms with Gasteiger partial charge >= 0.3 is 0 Å². The quantitative estimate of drug-likeness (QED) is 0.543. The highest BCUT2D eigenvalue weighted by Crippen LogP contribution is 2.40. The summed E-state index contributed by atoms with van der Waals surface area (Å²) in [6.45, 7) is 2.09. The van der Waals surface area contributed by atoms with E-state index < -0.39 is 0 Å². The highest BCUT2D eigenvalue weighted by Gasteiger charge is 2.36. The summed E-state index contributed by atoms with van der Waals surface area (Å²) < 4.78 is 1.85. The molecule has 2 aliphatic rings. The summed E-state index contributed by atoms with van der Waals surface area (Å²) in [6.07, 6.45) is 2.29. The molecule has 2 aromatic carbocycles. The zero-order valence-electron chi connectivity index (χ0n) is 16.6. The molecule has 0 saturated heterocycles. The van der Waals surface area contributed by atoms with Crippen LogP contribution in [0.5, 0.6) is 0 Å².